The zero-order valence-electron chi connectivity index (χ0n) is 12.1. The van der Waals surface area contributed by atoms with E-state index in [1.54, 1.807) is 0 Å². The van der Waals surface area contributed by atoms with Crippen LogP contribution in [0.15, 0.2) is 24.3 Å². The van der Waals surface area contributed by atoms with Crippen LogP contribution in [-0.2, 0) is 11.2 Å². The van der Waals surface area contributed by atoms with Crippen LogP contribution >= 0.6 is 11.6 Å². The molecule has 2 atom stereocenters. The second-order valence-corrected chi connectivity index (χ2v) is 6.63. The number of hydrogen-bond acceptors (Lipinski definition) is 2. The van der Waals surface area contributed by atoms with E-state index in [0.717, 1.165) is 30.9 Å². The molecular weight excluding hydrogens is 258 g/mol. The summed E-state index contributed by atoms with van der Waals surface area (Å²) in [7, 11) is 0. The molecule has 0 aliphatic carbocycles. The molecule has 19 heavy (non-hydrogen) atoms. The van der Waals surface area contributed by atoms with E-state index in [1.165, 1.54) is 5.56 Å². The molecule has 1 aromatic rings. The van der Waals surface area contributed by atoms with Gasteiger partial charge in [-0.15, -0.1) is 0 Å². The van der Waals surface area contributed by atoms with Crippen molar-refractivity contribution in [1.82, 2.24) is 5.32 Å². The van der Waals surface area contributed by atoms with Crippen LogP contribution < -0.4 is 5.32 Å². The van der Waals surface area contributed by atoms with Crippen molar-refractivity contribution >= 4 is 11.6 Å². The lowest BCUT2D eigenvalue weighted by atomic mass is 9.93. The molecular formula is C16H24ClNO. The van der Waals surface area contributed by atoms with Crippen molar-refractivity contribution in [3.63, 3.8) is 0 Å². The molecule has 0 aromatic heterocycles. The van der Waals surface area contributed by atoms with Crippen molar-refractivity contribution in [2.75, 3.05) is 6.61 Å². The molecule has 1 N–H and O–H groups in total. The second-order valence-electron chi connectivity index (χ2n) is 6.20. The van der Waals surface area contributed by atoms with Gasteiger partial charge in [-0.3, -0.25) is 0 Å². The van der Waals surface area contributed by atoms with Crippen LogP contribution in [0.4, 0.5) is 0 Å². The van der Waals surface area contributed by atoms with E-state index in [0.29, 0.717) is 12.1 Å². The molecule has 0 amide bonds. The number of ether oxygens (including phenoxy) is 1. The summed E-state index contributed by atoms with van der Waals surface area (Å²) in [5.41, 5.74) is 1.34. The maximum atomic E-state index is 5.91. The Bertz CT molecular complexity index is 402. The molecule has 2 unspecified atom stereocenters. The Morgan fingerprint density at radius 3 is 2.68 bits per heavy atom. The molecule has 0 bridgehead atoms. The minimum atomic E-state index is 0.00983. The quantitative estimate of drug-likeness (QED) is 0.906. The highest BCUT2D eigenvalue weighted by Gasteiger charge is 2.29. The summed E-state index contributed by atoms with van der Waals surface area (Å²) >= 11 is 5.91. The average Bonchev–Trinajstić information content (AvgIpc) is 2.30. The largest absolute Gasteiger partial charge is 0.375 e. The van der Waals surface area contributed by atoms with Crippen molar-refractivity contribution in [3.05, 3.63) is 34.9 Å². The van der Waals surface area contributed by atoms with Crippen molar-refractivity contribution in [1.29, 1.82) is 0 Å². The van der Waals surface area contributed by atoms with Gasteiger partial charge < -0.3 is 10.1 Å². The third-order valence-electron chi connectivity index (χ3n) is 3.67. The van der Waals surface area contributed by atoms with Gasteiger partial charge in [0.05, 0.1) is 5.60 Å². The summed E-state index contributed by atoms with van der Waals surface area (Å²) in [6.07, 6.45) is 3.22. The summed E-state index contributed by atoms with van der Waals surface area (Å²) in [6.45, 7) is 7.45. The fourth-order valence-electron chi connectivity index (χ4n) is 2.81. The van der Waals surface area contributed by atoms with Gasteiger partial charge in [-0.25, -0.2) is 0 Å². The number of rotatable bonds is 4. The maximum absolute atomic E-state index is 5.91. The Labute approximate surface area is 121 Å². The molecule has 0 radical (unpaired) electrons. The highest BCUT2D eigenvalue weighted by molar-refractivity contribution is 6.30. The topological polar surface area (TPSA) is 21.3 Å². The Kier molecular flexibility index (Phi) is 4.88. The Balaban J connectivity index is 1.84. The van der Waals surface area contributed by atoms with Crippen LogP contribution in [0.2, 0.25) is 5.02 Å². The van der Waals surface area contributed by atoms with E-state index in [2.05, 4.69) is 38.2 Å². The number of benzene rings is 1. The predicted molar refractivity (Wildman–Crippen MR) is 80.8 cm³/mol. The van der Waals surface area contributed by atoms with Gasteiger partial charge in [0.1, 0.15) is 0 Å². The first-order chi connectivity index (χ1) is 8.94. The van der Waals surface area contributed by atoms with Gasteiger partial charge in [0.15, 0.2) is 0 Å². The summed E-state index contributed by atoms with van der Waals surface area (Å²) < 4.78 is 5.75. The molecule has 1 heterocycles. The predicted octanol–water partition coefficient (Wildman–Crippen LogP) is 3.82. The molecule has 3 heteroatoms. The minimum Gasteiger partial charge on any atom is -0.375 e. The zero-order chi connectivity index (χ0) is 13.9. The molecule has 2 rings (SSSR count). The Morgan fingerprint density at radius 1 is 1.37 bits per heavy atom. The molecule has 1 aliphatic heterocycles. The van der Waals surface area contributed by atoms with Gasteiger partial charge in [-0.1, -0.05) is 23.7 Å². The van der Waals surface area contributed by atoms with Crippen LogP contribution in [0, 0.1) is 0 Å². The first-order valence-electron chi connectivity index (χ1n) is 7.09. The molecule has 2 nitrogen and oxygen atoms in total. The monoisotopic (exact) mass is 281 g/mol. The third-order valence-corrected chi connectivity index (χ3v) is 3.92. The minimum absolute atomic E-state index is 0.00983. The standard InChI is InChI=1S/C16H24ClNO/c1-12(10-13-4-6-14(17)7-5-13)18-15-8-9-19-16(2,3)11-15/h4-7,12,15,18H,8-11H2,1-3H3. The third kappa shape index (κ3) is 4.79. The van der Waals surface area contributed by atoms with Gasteiger partial charge in [-0.05, 0) is 57.7 Å². The lowest BCUT2D eigenvalue weighted by molar-refractivity contribution is -0.0639. The molecule has 1 aromatic carbocycles. The van der Waals surface area contributed by atoms with Crippen LogP contribution in [-0.4, -0.2) is 24.3 Å². The molecule has 0 saturated carbocycles. The number of halogens is 1. The van der Waals surface area contributed by atoms with E-state index in [1.807, 2.05) is 12.1 Å². The molecule has 1 aliphatic rings. The van der Waals surface area contributed by atoms with Gasteiger partial charge in [0.2, 0.25) is 0 Å². The smallest absolute Gasteiger partial charge is 0.0641 e. The van der Waals surface area contributed by atoms with Crippen molar-refractivity contribution < 1.29 is 4.74 Å². The lowest BCUT2D eigenvalue weighted by Gasteiger charge is -2.37. The SMILES string of the molecule is CC(Cc1ccc(Cl)cc1)NC1CCOC(C)(C)C1. The summed E-state index contributed by atoms with van der Waals surface area (Å²) in [5.74, 6) is 0. The van der Waals surface area contributed by atoms with Crippen LogP contribution in [0.3, 0.4) is 0 Å². The summed E-state index contributed by atoms with van der Waals surface area (Å²) in [6, 6.07) is 9.16. The normalized spacial score (nSPS) is 24.1. The van der Waals surface area contributed by atoms with E-state index < -0.39 is 0 Å². The van der Waals surface area contributed by atoms with Gasteiger partial charge in [0, 0.05) is 23.7 Å². The van der Waals surface area contributed by atoms with E-state index in [4.69, 9.17) is 16.3 Å². The molecule has 1 saturated heterocycles. The van der Waals surface area contributed by atoms with E-state index in [-0.39, 0.29) is 5.60 Å². The lowest BCUT2D eigenvalue weighted by Crippen LogP contribution is -2.47. The van der Waals surface area contributed by atoms with Crippen LogP contribution in [0.25, 0.3) is 0 Å². The Morgan fingerprint density at radius 2 is 2.05 bits per heavy atom. The molecule has 106 valence electrons. The Hall–Kier alpha value is -0.570. The average molecular weight is 282 g/mol. The maximum Gasteiger partial charge on any atom is 0.0641 e. The van der Waals surface area contributed by atoms with Gasteiger partial charge in [-0.2, -0.15) is 0 Å². The van der Waals surface area contributed by atoms with E-state index in [9.17, 15) is 0 Å². The highest BCUT2D eigenvalue weighted by atomic mass is 35.5. The number of hydrogen-bond donors (Lipinski definition) is 1. The van der Waals surface area contributed by atoms with E-state index >= 15 is 0 Å². The first kappa shape index (κ1) is 14.8. The number of nitrogens with one attached hydrogen (secondary N) is 1. The summed E-state index contributed by atoms with van der Waals surface area (Å²) in [5, 5.41) is 4.53. The second kappa shape index (κ2) is 6.25. The zero-order valence-corrected chi connectivity index (χ0v) is 12.8. The first-order valence-corrected chi connectivity index (χ1v) is 7.47. The molecule has 0 spiro atoms. The van der Waals surface area contributed by atoms with Crippen LogP contribution in [0.1, 0.15) is 39.2 Å². The summed E-state index contributed by atoms with van der Waals surface area (Å²) in [4.78, 5) is 0. The fraction of sp³-hybridized carbons (Fsp3) is 0.625. The van der Waals surface area contributed by atoms with Gasteiger partial charge >= 0.3 is 0 Å². The fourth-order valence-corrected chi connectivity index (χ4v) is 2.94. The van der Waals surface area contributed by atoms with Crippen molar-refractivity contribution in [3.8, 4) is 0 Å². The van der Waals surface area contributed by atoms with Gasteiger partial charge in [0.25, 0.3) is 0 Å². The van der Waals surface area contributed by atoms with Crippen molar-refractivity contribution in [2.45, 2.75) is 57.7 Å². The molecule has 1 fully saturated rings. The highest BCUT2D eigenvalue weighted by Crippen LogP contribution is 2.24. The van der Waals surface area contributed by atoms with Crippen LogP contribution in [0.5, 0.6) is 0 Å². The van der Waals surface area contributed by atoms with Crippen molar-refractivity contribution in [2.24, 2.45) is 0 Å².